The van der Waals surface area contributed by atoms with Gasteiger partial charge in [0.15, 0.2) is 0 Å². The zero-order valence-electron chi connectivity index (χ0n) is 7.58. The van der Waals surface area contributed by atoms with E-state index in [0.717, 1.165) is 5.56 Å². The number of benzene rings is 1. The predicted molar refractivity (Wildman–Crippen MR) is 52.5 cm³/mol. The van der Waals surface area contributed by atoms with Gasteiger partial charge in [0.2, 0.25) is 5.78 Å². The highest BCUT2D eigenvalue weighted by Gasteiger charge is 2.12. The second-order valence-electron chi connectivity index (χ2n) is 3.04. The highest BCUT2D eigenvalue weighted by molar-refractivity contribution is 6.33. The molecule has 0 fully saturated rings. The van der Waals surface area contributed by atoms with Gasteiger partial charge in [-0.25, -0.2) is 4.79 Å². The molecule has 0 aliphatic rings. The number of aliphatic carboxylic acids is 1. The van der Waals surface area contributed by atoms with Crippen LogP contribution in [0.1, 0.15) is 11.1 Å². The average molecular weight is 213 g/mol. The highest BCUT2D eigenvalue weighted by atomic mass is 35.5. The van der Waals surface area contributed by atoms with Gasteiger partial charge in [-0.2, -0.15) is 0 Å². The monoisotopic (exact) mass is 212 g/mol. The molecule has 0 aliphatic heterocycles. The van der Waals surface area contributed by atoms with Crippen LogP contribution in [0.3, 0.4) is 0 Å². The van der Waals surface area contributed by atoms with Crippen molar-refractivity contribution in [2.75, 3.05) is 0 Å². The fraction of sp³-hybridized carbons (Fsp3) is 0.200. The van der Waals surface area contributed by atoms with Crippen molar-refractivity contribution in [3.05, 3.63) is 34.3 Å². The van der Waals surface area contributed by atoms with Crippen molar-refractivity contribution in [2.24, 2.45) is 0 Å². The Labute approximate surface area is 86.3 Å². The van der Waals surface area contributed by atoms with Crippen LogP contribution in [0.5, 0.6) is 0 Å². The Morgan fingerprint density at radius 3 is 2.50 bits per heavy atom. The zero-order chi connectivity index (χ0) is 10.7. The molecular weight excluding hydrogens is 204 g/mol. The summed E-state index contributed by atoms with van der Waals surface area (Å²) in [5, 5.41) is 8.91. The van der Waals surface area contributed by atoms with E-state index in [2.05, 4.69) is 0 Å². The molecule has 1 N–H and O–H groups in total. The maximum absolute atomic E-state index is 10.9. The lowest BCUT2D eigenvalue weighted by Crippen LogP contribution is -2.15. The van der Waals surface area contributed by atoms with Crippen molar-refractivity contribution < 1.29 is 14.7 Å². The van der Waals surface area contributed by atoms with Gasteiger partial charge in [-0.1, -0.05) is 17.7 Å². The molecule has 3 nitrogen and oxygen atoms in total. The van der Waals surface area contributed by atoms with Gasteiger partial charge in [-0.15, -0.1) is 0 Å². The number of ketones is 1. The number of carboxylic acid groups (broad SMARTS) is 1. The molecule has 0 aliphatic carbocycles. The molecule has 0 saturated heterocycles. The Balaban J connectivity index is 2.87. The molecule has 4 heteroatoms. The molecule has 14 heavy (non-hydrogen) atoms. The van der Waals surface area contributed by atoms with Crippen LogP contribution in [-0.2, 0) is 16.0 Å². The second-order valence-corrected chi connectivity index (χ2v) is 3.48. The summed E-state index contributed by atoms with van der Waals surface area (Å²) in [7, 11) is 0. The van der Waals surface area contributed by atoms with E-state index in [1.165, 1.54) is 0 Å². The normalized spacial score (nSPS) is 9.86. The number of rotatable bonds is 3. The number of aryl methyl sites for hydroxylation is 1. The summed E-state index contributed by atoms with van der Waals surface area (Å²) in [6, 6.07) is 5.08. The first kappa shape index (κ1) is 10.7. The standard InChI is InChI=1S/C10H9ClO3/c1-6-2-7(4-8(11)3-6)5-9(12)10(13)14/h2-4H,5H2,1H3,(H,13,14). The van der Waals surface area contributed by atoms with Crippen LogP contribution in [0.25, 0.3) is 0 Å². The van der Waals surface area contributed by atoms with E-state index in [9.17, 15) is 9.59 Å². The Morgan fingerprint density at radius 2 is 2.00 bits per heavy atom. The van der Waals surface area contributed by atoms with Crippen LogP contribution < -0.4 is 0 Å². The van der Waals surface area contributed by atoms with Gasteiger partial charge in [0.1, 0.15) is 0 Å². The molecule has 0 saturated carbocycles. The summed E-state index contributed by atoms with van der Waals surface area (Å²) in [5.41, 5.74) is 1.54. The smallest absolute Gasteiger partial charge is 0.372 e. The van der Waals surface area contributed by atoms with Crippen LogP contribution in [0.2, 0.25) is 5.02 Å². The van der Waals surface area contributed by atoms with Crippen molar-refractivity contribution in [3.8, 4) is 0 Å². The molecule has 1 rings (SSSR count). The third-order valence-electron chi connectivity index (χ3n) is 1.71. The fourth-order valence-electron chi connectivity index (χ4n) is 1.18. The van der Waals surface area contributed by atoms with Crippen molar-refractivity contribution in [1.82, 2.24) is 0 Å². The first-order valence-corrected chi connectivity index (χ1v) is 4.39. The lowest BCUT2D eigenvalue weighted by Gasteiger charge is -2.01. The largest absolute Gasteiger partial charge is 0.475 e. The van der Waals surface area contributed by atoms with E-state index in [0.29, 0.717) is 10.6 Å². The molecule has 74 valence electrons. The topological polar surface area (TPSA) is 54.4 Å². The lowest BCUT2D eigenvalue weighted by molar-refractivity contribution is -0.148. The summed E-state index contributed by atoms with van der Waals surface area (Å²) in [6.45, 7) is 1.83. The number of carbonyl (C=O) groups excluding carboxylic acids is 1. The lowest BCUT2D eigenvalue weighted by atomic mass is 10.1. The third kappa shape index (κ3) is 2.85. The van der Waals surface area contributed by atoms with Crippen molar-refractivity contribution in [1.29, 1.82) is 0 Å². The third-order valence-corrected chi connectivity index (χ3v) is 1.92. The number of hydrogen-bond donors (Lipinski definition) is 1. The molecule has 0 spiro atoms. The van der Waals surface area contributed by atoms with Gasteiger partial charge >= 0.3 is 5.97 Å². The van der Waals surface area contributed by atoms with Gasteiger partial charge < -0.3 is 5.11 Å². The second kappa shape index (κ2) is 4.24. The number of carboxylic acids is 1. The number of halogens is 1. The van der Waals surface area contributed by atoms with Gasteiger partial charge in [-0.05, 0) is 30.2 Å². The Morgan fingerprint density at radius 1 is 1.36 bits per heavy atom. The molecule has 0 aromatic heterocycles. The predicted octanol–water partition coefficient (Wildman–Crippen LogP) is 1.84. The minimum Gasteiger partial charge on any atom is -0.475 e. The van der Waals surface area contributed by atoms with E-state index >= 15 is 0 Å². The van der Waals surface area contributed by atoms with Crippen LogP contribution in [-0.4, -0.2) is 16.9 Å². The SMILES string of the molecule is Cc1cc(Cl)cc(CC(=O)C(=O)O)c1. The van der Waals surface area contributed by atoms with Gasteiger partial charge in [0.05, 0.1) is 0 Å². The Kier molecular flexibility index (Phi) is 3.25. The maximum atomic E-state index is 10.9. The maximum Gasteiger partial charge on any atom is 0.372 e. The summed E-state index contributed by atoms with van der Waals surface area (Å²) in [6.07, 6.45) is -0.114. The molecule has 0 heterocycles. The summed E-state index contributed by atoms with van der Waals surface area (Å²) in [4.78, 5) is 21.2. The molecule has 0 amide bonds. The molecular formula is C10H9ClO3. The summed E-state index contributed by atoms with van der Waals surface area (Å²) in [5.74, 6) is -2.24. The molecule has 0 atom stereocenters. The van der Waals surface area contributed by atoms with Crippen LogP contribution in [0.15, 0.2) is 18.2 Å². The quantitative estimate of drug-likeness (QED) is 0.778. The van der Waals surface area contributed by atoms with Gasteiger partial charge in [0.25, 0.3) is 0 Å². The number of Topliss-reactive ketones (excluding diaryl/α,β-unsaturated/α-hetero) is 1. The zero-order valence-corrected chi connectivity index (χ0v) is 8.34. The van der Waals surface area contributed by atoms with E-state index < -0.39 is 11.8 Å². The van der Waals surface area contributed by atoms with E-state index in [4.69, 9.17) is 16.7 Å². The van der Waals surface area contributed by atoms with E-state index in [-0.39, 0.29) is 6.42 Å². The van der Waals surface area contributed by atoms with Crippen molar-refractivity contribution in [2.45, 2.75) is 13.3 Å². The molecule has 0 radical (unpaired) electrons. The van der Waals surface area contributed by atoms with Crippen LogP contribution in [0.4, 0.5) is 0 Å². The summed E-state index contributed by atoms with van der Waals surface area (Å²) < 4.78 is 0. The number of hydrogen-bond acceptors (Lipinski definition) is 2. The molecule has 1 aromatic carbocycles. The van der Waals surface area contributed by atoms with Gasteiger partial charge in [0, 0.05) is 11.4 Å². The first-order chi connectivity index (χ1) is 6.49. The molecule has 0 unspecified atom stereocenters. The minimum atomic E-state index is -1.41. The van der Waals surface area contributed by atoms with Crippen LogP contribution in [0, 0.1) is 6.92 Å². The molecule has 0 bridgehead atoms. The highest BCUT2D eigenvalue weighted by Crippen LogP contribution is 2.15. The van der Waals surface area contributed by atoms with Crippen molar-refractivity contribution >= 4 is 23.4 Å². The Hall–Kier alpha value is -1.35. The van der Waals surface area contributed by atoms with Crippen molar-refractivity contribution in [3.63, 3.8) is 0 Å². The minimum absolute atomic E-state index is 0.114. The average Bonchev–Trinajstić information content (AvgIpc) is 2.01. The van der Waals surface area contributed by atoms with E-state index in [1.807, 2.05) is 6.92 Å². The first-order valence-electron chi connectivity index (χ1n) is 4.01. The van der Waals surface area contributed by atoms with Gasteiger partial charge in [-0.3, -0.25) is 4.79 Å². The summed E-state index contributed by atoms with van der Waals surface area (Å²) >= 11 is 5.75. The fourth-order valence-corrected chi connectivity index (χ4v) is 1.49. The van der Waals surface area contributed by atoms with Crippen LogP contribution >= 0.6 is 11.6 Å². The molecule has 1 aromatic rings. The van der Waals surface area contributed by atoms with E-state index in [1.54, 1.807) is 18.2 Å². The Bertz CT molecular complexity index is 365. The number of carbonyl (C=O) groups is 2.